The lowest BCUT2D eigenvalue weighted by molar-refractivity contribution is -0.407. The van der Waals surface area contributed by atoms with Gasteiger partial charge < -0.3 is 19.5 Å². The van der Waals surface area contributed by atoms with Crippen molar-refractivity contribution in [3.63, 3.8) is 0 Å². The summed E-state index contributed by atoms with van der Waals surface area (Å²) in [6.07, 6.45) is 6.25. The van der Waals surface area contributed by atoms with Gasteiger partial charge in [-0.1, -0.05) is 25.5 Å². The fourth-order valence-corrected chi connectivity index (χ4v) is 9.44. The number of rotatable bonds is 3. The van der Waals surface area contributed by atoms with E-state index in [1.165, 1.54) is 12.5 Å². The van der Waals surface area contributed by atoms with Gasteiger partial charge in [0.15, 0.2) is 0 Å². The molecular weight excluding hydrogens is 382 g/mol. The molecule has 3 aliphatic heterocycles. The molecule has 0 aromatic rings. The summed E-state index contributed by atoms with van der Waals surface area (Å²) >= 11 is 0. The lowest BCUT2D eigenvalue weighted by Gasteiger charge is -2.79. The van der Waals surface area contributed by atoms with Crippen LogP contribution < -0.4 is 0 Å². The predicted molar refractivity (Wildman–Crippen MR) is 108 cm³/mol. The molecule has 3 heterocycles. The Labute approximate surface area is 178 Å². The highest BCUT2D eigenvalue weighted by Crippen LogP contribution is 2.78. The second-order valence-corrected chi connectivity index (χ2v) is 11.2. The van der Waals surface area contributed by atoms with Crippen LogP contribution in [-0.4, -0.2) is 53.5 Å². The van der Waals surface area contributed by atoms with E-state index >= 15 is 0 Å². The summed E-state index contributed by atoms with van der Waals surface area (Å²) in [7, 11) is 0. The number of piperidine rings is 1. The first kappa shape index (κ1) is 19.3. The molecule has 6 nitrogen and oxygen atoms in total. The number of amides is 1. The van der Waals surface area contributed by atoms with E-state index in [4.69, 9.17) is 9.47 Å². The van der Waals surface area contributed by atoms with E-state index in [2.05, 4.69) is 13.5 Å². The van der Waals surface area contributed by atoms with Crippen molar-refractivity contribution in [3.8, 4) is 0 Å². The van der Waals surface area contributed by atoms with E-state index in [0.29, 0.717) is 18.4 Å². The van der Waals surface area contributed by atoms with E-state index in [-0.39, 0.29) is 53.7 Å². The number of fused-ring (bicyclic) bond motifs is 2. The van der Waals surface area contributed by atoms with Crippen LogP contribution in [0.25, 0.3) is 0 Å². The molecule has 0 aromatic heterocycles. The Balaban J connectivity index is 1.58. The summed E-state index contributed by atoms with van der Waals surface area (Å²) in [5.74, 6) is 0.806. The molecule has 30 heavy (non-hydrogen) atoms. The zero-order valence-corrected chi connectivity index (χ0v) is 18.1. The van der Waals surface area contributed by atoms with E-state index in [9.17, 15) is 14.7 Å². The van der Waals surface area contributed by atoms with Gasteiger partial charge >= 0.3 is 5.97 Å². The zero-order valence-electron chi connectivity index (χ0n) is 18.1. The molecule has 0 aromatic carbocycles. The number of esters is 1. The first-order valence-corrected chi connectivity index (χ1v) is 11.7. The molecule has 0 radical (unpaired) electrons. The molecule has 2 unspecified atom stereocenters. The number of likely N-dealkylation sites (tertiary alicyclic amines) is 1. The van der Waals surface area contributed by atoms with E-state index in [1.807, 2.05) is 4.90 Å². The smallest absolute Gasteiger partial charge is 0.303 e. The number of hydrogen-bond acceptors (Lipinski definition) is 5. The van der Waals surface area contributed by atoms with Gasteiger partial charge in [0.1, 0.15) is 18.4 Å². The van der Waals surface area contributed by atoms with Gasteiger partial charge in [-0.2, -0.15) is 0 Å². The van der Waals surface area contributed by atoms with Crippen molar-refractivity contribution in [1.29, 1.82) is 0 Å². The first-order chi connectivity index (χ1) is 14.3. The second-order valence-electron chi connectivity index (χ2n) is 11.2. The Morgan fingerprint density at radius 3 is 2.87 bits per heavy atom. The number of aliphatic hydroxyl groups excluding tert-OH is 1. The molecule has 5 saturated carbocycles. The van der Waals surface area contributed by atoms with Crippen LogP contribution >= 0.6 is 0 Å². The second kappa shape index (κ2) is 5.89. The largest absolute Gasteiger partial charge is 0.459 e. The molecule has 8 rings (SSSR count). The van der Waals surface area contributed by atoms with Crippen LogP contribution in [0, 0.1) is 34.0 Å². The lowest BCUT2D eigenvalue weighted by atomic mass is 9.32. The molecule has 3 saturated heterocycles. The Morgan fingerprint density at radius 1 is 1.37 bits per heavy atom. The van der Waals surface area contributed by atoms with Gasteiger partial charge in [-0.25, -0.2) is 0 Å². The Hall–Kier alpha value is -1.40. The Bertz CT molecular complexity index is 841. The SMILES string of the molecule is C=C1C[C@]23CC[C@H]1CC2[C@@]12CCC[C@@]4(C)C(=O)N(CCO)C1O[C@@H]3[C@@H](OC(C)=O)[C@@H]24. The van der Waals surface area contributed by atoms with Gasteiger partial charge in [0.2, 0.25) is 5.91 Å². The van der Waals surface area contributed by atoms with Crippen molar-refractivity contribution in [3.05, 3.63) is 12.2 Å². The summed E-state index contributed by atoms with van der Waals surface area (Å²) in [4.78, 5) is 27.8. The quantitative estimate of drug-likeness (QED) is 0.567. The third-order valence-electron chi connectivity index (χ3n) is 10.1. The molecule has 9 atom stereocenters. The molecule has 6 heteroatoms. The van der Waals surface area contributed by atoms with E-state index in [1.54, 1.807) is 0 Å². The minimum absolute atomic E-state index is 0.00270. The Kier molecular flexibility index (Phi) is 3.79. The minimum Gasteiger partial charge on any atom is -0.459 e. The van der Waals surface area contributed by atoms with Gasteiger partial charge in [0, 0.05) is 30.2 Å². The zero-order chi connectivity index (χ0) is 21.1. The highest BCUT2D eigenvalue weighted by atomic mass is 16.6. The third kappa shape index (κ3) is 1.95. The van der Waals surface area contributed by atoms with Crippen LogP contribution in [-0.2, 0) is 19.1 Å². The molecular formula is C24H33NO5. The lowest BCUT2D eigenvalue weighted by Crippen LogP contribution is -2.85. The van der Waals surface area contributed by atoms with Crippen molar-refractivity contribution >= 4 is 11.9 Å². The van der Waals surface area contributed by atoms with Crippen LogP contribution in [0.1, 0.15) is 58.8 Å². The molecule has 8 aliphatic rings. The average Bonchev–Trinajstić information content (AvgIpc) is 2.70. The first-order valence-electron chi connectivity index (χ1n) is 11.7. The van der Waals surface area contributed by atoms with E-state index < -0.39 is 5.41 Å². The fraction of sp³-hybridized carbons (Fsp3) is 0.833. The topological polar surface area (TPSA) is 76.1 Å². The minimum atomic E-state index is -0.568. The summed E-state index contributed by atoms with van der Waals surface area (Å²) in [5, 5.41) is 9.76. The maximum absolute atomic E-state index is 13.7. The van der Waals surface area contributed by atoms with Crippen LogP contribution in [0.15, 0.2) is 12.2 Å². The maximum atomic E-state index is 13.7. The number of aliphatic hydroxyl groups is 1. The summed E-state index contributed by atoms with van der Waals surface area (Å²) in [6, 6.07) is 0. The van der Waals surface area contributed by atoms with Crippen molar-refractivity contribution in [2.24, 2.45) is 34.0 Å². The summed E-state index contributed by atoms with van der Waals surface area (Å²) in [6.45, 7) is 8.23. The van der Waals surface area contributed by atoms with Crippen molar-refractivity contribution in [1.82, 2.24) is 4.90 Å². The molecule has 2 spiro atoms. The molecule has 164 valence electrons. The number of ether oxygens (including phenoxy) is 2. The van der Waals surface area contributed by atoms with Crippen LogP contribution in [0.5, 0.6) is 0 Å². The van der Waals surface area contributed by atoms with Crippen molar-refractivity contribution in [2.75, 3.05) is 13.2 Å². The number of hydrogen-bond donors (Lipinski definition) is 1. The van der Waals surface area contributed by atoms with Gasteiger partial charge in [0.05, 0.1) is 12.0 Å². The van der Waals surface area contributed by atoms with Gasteiger partial charge in [0.25, 0.3) is 0 Å². The normalized spacial score (nSPS) is 53.0. The average molecular weight is 416 g/mol. The molecule has 7 bridgehead atoms. The maximum Gasteiger partial charge on any atom is 0.303 e. The molecule has 5 aliphatic carbocycles. The van der Waals surface area contributed by atoms with Crippen LogP contribution in [0.4, 0.5) is 0 Å². The van der Waals surface area contributed by atoms with Gasteiger partial charge in [-0.05, 0) is 50.4 Å². The molecule has 1 amide bonds. The van der Waals surface area contributed by atoms with Gasteiger partial charge in [-0.15, -0.1) is 0 Å². The fourth-order valence-electron chi connectivity index (χ4n) is 9.44. The summed E-state index contributed by atoms with van der Waals surface area (Å²) in [5.41, 5.74) is 0.521. The highest BCUT2D eigenvalue weighted by molar-refractivity contribution is 5.85. The summed E-state index contributed by atoms with van der Waals surface area (Å²) < 4.78 is 12.9. The van der Waals surface area contributed by atoms with Gasteiger partial charge in [-0.3, -0.25) is 9.59 Å². The molecule has 8 fully saturated rings. The molecule has 1 N–H and O–H groups in total. The van der Waals surface area contributed by atoms with Crippen molar-refractivity contribution in [2.45, 2.75) is 77.2 Å². The highest BCUT2D eigenvalue weighted by Gasteiger charge is 2.82. The Morgan fingerprint density at radius 2 is 2.17 bits per heavy atom. The van der Waals surface area contributed by atoms with Crippen LogP contribution in [0.3, 0.4) is 0 Å². The standard InChI is InChI=1S/C24H33NO5/c1-13-12-23-8-5-15(13)11-16(23)24-7-4-6-22(3)18(24)17(29-14(2)27)19(23)30-21(24)25(9-10-26)20(22)28/h15-19,21,26H,1,4-12H2,2-3H3/t15-,16?,17-,18+,19+,21?,22+,23+,24+/m0/s1. The van der Waals surface area contributed by atoms with E-state index in [0.717, 1.165) is 44.9 Å². The number of carbonyl (C=O) groups excluding carboxylic acids is 2. The third-order valence-corrected chi connectivity index (χ3v) is 10.1. The number of carbonyl (C=O) groups is 2. The number of β-amino-alcohol motifs (C(OH)–C–C–N with tert-alkyl or cyclic N) is 1. The number of allylic oxidation sites excluding steroid dienone is 1. The predicted octanol–water partition coefficient (Wildman–Crippen LogP) is 2.65. The van der Waals surface area contributed by atoms with Crippen molar-refractivity contribution < 1.29 is 24.2 Å². The number of nitrogens with zero attached hydrogens (tertiary/aromatic N) is 1. The van der Waals surface area contributed by atoms with Crippen LogP contribution in [0.2, 0.25) is 0 Å². The monoisotopic (exact) mass is 415 g/mol.